The van der Waals surface area contributed by atoms with E-state index >= 15 is 0 Å². The summed E-state index contributed by atoms with van der Waals surface area (Å²) in [5, 5.41) is 3.31. The Morgan fingerprint density at radius 1 is 1.47 bits per heavy atom. The first-order valence-electron chi connectivity index (χ1n) is 5.89. The van der Waals surface area contributed by atoms with E-state index in [4.69, 9.17) is 4.74 Å². The summed E-state index contributed by atoms with van der Waals surface area (Å²) in [6, 6.07) is 0.678. The molecule has 0 atom stereocenters. The van der Waals surface area contributed by atoms with E-state index in [0.29, 0.717) is 6.04 Å². The molecule has 1 rings (SSSR count). The Kier molecular flexibility index (Phi) is 5.91. The third kappa shape index (κ3) is 4.78. The van der Waals surface area contributed by atoms with Gasteiger partial charge in [-0.3, -0.25) is 4.90 Å². The Hall–Kier alpha value is -0.380. The highest BCUT2D eigenvalue weighted by Crippen LogP contribution is 2.13. The first kappa shape index (κ1) is 12.7. The van der Waals surface area contributed by atoms with E-state index in [1.165, 1.54) is 5.57 Å². The summed E-state index contributed by atoms with van der Waals surface area (Å²) in [5.74, 6) is 0. The van der Waals surface area contributed by atoms with Crippen molar-refractivity contribution in [1.29, 1.82) is 0 Å². The average Bonchev–Trinajstić information content (AvgIpc) is 2.27. The molecule has 0 saturated carbocycles. The zero-order valence-corrected chi connectivity index (χ0v) is 10.1. The summed E-state index contributed by atoms with van der Waals surface area (Å²) in [4.78, 5) is 2.40. The summed E-state index contributed by atoms with van der Waals surface area (Å²) in [6.07, 6.45) is 2.32. The van der Waals surface area contributed by atoms with Crippen molar-refractivity contribution in [3.05, 3.63) is 12.2 Å². The number of likely N-dealkylation sites (N-methyl/N-ethyl adjacent to an activating group) is 2. The SMILES string of the molecule is C=C(CNCC)CN(C)C1CCOCC1. The van der Waals surface area contributed by atoms with E-state index in [-0.39, 0.29) is 0 Å². The van der Waals surface area contributed by atoms with Crippen molar-refractivity contribution in [2.24, 2.45) is 0 Å². The number of rotatable bonds is 6. The molecule has 3 heteroatoms. The van der Waals surface area contributed by atoms with Crippen LogP contribution >= 0.6 is 0 Å². The topological polar surface area (TPSA) is 24.5 Å². The van der Waals surface area contributed by atoms with Crippen LogP contribution in [-0.4, -0.2) is 50.8 Å². The molecule has 1 heterocycles. The van der Waals surface area contributed by atoms with Gasteiger partial charge < -0.3 is 10.1 Å². The minimum Gasteiger partial charge on any atom is -0.381 e. The zero-order valence-electron chi connectivity index (χ0n) is 10.1. The van der Waals surface area contributed by atoms with Gasteiger partial charge in [0, 0.05) is 32.3 Å². The van der Waals surface area contributed by atoms with Crippen LogP contribution in [0.25, 0.3) is 0 Å². The average molecular weight is 212 g/mol. The van der Waals surface area contributed by atoms with Crippen LogP contribution in [-0.2, 0) is 4.74 Å². The quantitative estimate of drug-likeness (QED) is 0.671. The molecule has 1 fully saturated rings. The fourth-order valence-electron chi connectivity index (χ4n) is 1.97. The molecule has 88 valence electrons. The van der Waals surface area contributed by atoms with Crippen molar-refractivity contribution in [3.63, 3.8) is 0 Å². The van der Waals surface area contributed by atoms with Crippen LogP contribution in [0.15, 0.2) is 12.2 Å². The third-order valence-electron chi connectivity index (χ3n) is 2.91. The Morgan fingerprint density at radius 2 is 2.13 bits per heavy atom. The van der Waals surface area contributed by atoms with E-state index < -0.39 is 0 Å². The Labute approximate surface area is 93.5 Å². The van der Waals surface area contributed by atoms with Crippen LogP contribution in [0.2, 0.25) is 0 Å². The largest absolute Gasteiger partial charge is 0.381 e. The highest BCUT2D eigenvalue weighted by molar-refractivity contribution is 5.00. The van der Waals surface area contributed by atoms with E-state index in [0.717, 1.165) is 45.7 Å². The maximum absolute atomic E-state index is 5.36. The highest BCUT2D eigenvalue weighted by Gasteiger charge is 2.18. The lowest BCUT2D eigenvalue weighted by Gasteiger charge is -2.31. The molecule has 0 radical (unpaired) electrons. The fraction of sp³-hybridized carbons (Fsp3) is 0.833. The van der Waals surface area contributed by atoms with Gasteiger partial charge in [0.05, 0.1) is 0 Å². The van der Waals surface area contributed by atoms with Crippen molar-refractivity contribution >= 4 is 0 Å². The standard InChI is InChI=1S/C12H24N2O/c1-4-13-9-11(2)10-14(3)12-5-7-15-8-6-12/h12-13H,2,4-10H2,1,3H3. The van der Waals surface area contributed by atoms with Gasteiger partial charge in [-0.25, -0.2) is 0 Å². The van der Waals surface area contributed by atoms with Crippen LogP contribution in [0.5, 0.6) is 0 Å². The molecule has 1 aliphatic rings. The number of ether oxygens (including phenoxy) is 1. The lowest BCUT2D eigenvalue weighted by Crippen LogP contribution is -2.38. The summed E-state index contributed by atoms with van der Waals surface area (Å²) in [7, 11) is 2.19. The summed E-state index contributed by atoms with van der Waals surface area (Å²) in [6.45, 7) is 11.0. The summed E-state index contributed by atoms with van der Waals surface area (Å²) >= 11 is 0. The number of hydrogen-bond donors (Lipinski definition) is 1. The molecule has 0 amide bonds. The second-order valence-corrected chi connectivity index (χ2v) is 4.29. The first-order valence-corrected chi connectivity index (χ1v) is 5.89. The lowest BCUT2D eigenvalue weighted by atomic mass is 10.1. The Morgan fingerprint density at radius 3 is 2.73 bits per heavy atom. The van der Waals surface area contributed by atoms with Gasteiger partial charge in [0.25, 0.3) is 0 Å². The molecule has 0 aromatic rings. The predicted molar refractivity (Wildman–Crippen MR) is 64.2 cm³/mol. The minimum atomic E-state index is 0.678. The smallest absolute Gasteiger partial charge is 0.0480 e. The van der Waals surface area contributed by atoms with Crippen LogP contribution < -0.4 is 5.32 Å². The maximum Gasteiger partial charge on any atom is 0.0480 e. The monoisotopic (exact) mass is 212 g/mol. The van der Waals surface area contributed by atoms with Gasteiger partial charge in [0.15, 0.2) is 0 Å². The van der Waals surface area contributed by atoms with Crippen LogP contribution in [0.3, 0.4) is 0 Å². The van der Waals surface area contributed by atoms with Gasteiger partial charge in [-0.05, 0) is 32.0 Å². The third-order valence-corrected chi connectivity index (χ3v) is 2.91. The Bertz CT molecular complexity index is 188. The molecule has 0 aliphatic carbocycles. The van der Waals surface area contributed by atoms with Gasteiger partial charge in [-0.2, -0.15) is 0 Å². The van der Waals surface area contributed by atoms with Gasteiger partial charge in [0.2, 0.25) is 0 Å². The van der Waals surface area contributed by atoms with Gasteiger partial charge in [-0.1, -0.05) is 13.5 Å². The fourth-order valence-corrected chi connectivity index (χ4v) is 1.97. The van der Waals surface area contributed by atoms with Gasteiger partial charge in [-0.15, -0.1) is 0 Å². The van der Waals surface area contributed by atoms with E-state index in [1.807, 2.05) is 0 Å². The minimum absolute atomic E-state index is 0.678. The van der Waals surface area contributed by atoms with Crippen molar-refractivity contribution in [2.45, 2.75) is 25.8 Å². The predicted octanol–water partition coefficient (Wildman–Crippen LogP) is 1.26. The molecule has 0 aromatic heterocycles. The van der Waals surface area contributed by atoms with Crippen molar-refractivity contribution in [3.8, 4) is 0 Å². The van der Waals surface area contributed by atoms with Crippen LogP contribution in [0.1, 0.15) is 19.8 Å². The molecule has 1 aliphatic heterocycles. The van der Waals surface area contributed by atoms with Crippen molar-refractivity contribution < 1.29 is 4.74 Å². The van der Waals surface area contributed by atoms with Crippen LogP contribution in [0, 0.1) is 0 Å². The van der Waals surface area contributed by atoms with E-state index in [9.17, 15) is 0 Å². The second kappa shape index (κ2) is 6.99. The van der Waals surface area contributed by atoms with Crippen molar-refractivity contribution in [2.75, 3.05) is 39.9 Å². The van der Waals surface area contributed by atoms with Gasteiger partial charge >= 0.3 is 0 Å². The molecule has 0 aromatic carbocycles. The zero-order chi connectivity index (χ0) is 11.1. The summed E-state index contributed by atoms with van der Waals surface area (Å²) in [5.41, 5.74) is 1.27. The first-order chi connectivity index (χ1) is 7.24. The van der Waals surface area contributed by atoms with Gasteiger partial charge in [0.1, 0.15) is 0 Å². The summed E-state index contributed by atoms with van der Waals surface area (Å²) < 4.78 is 5.36. The molecule has 1 saturated heterocycles. The van der Waals surface area contributed by atoms with Crippen LogP contribution in [0.4, 0.5) is 0 Å². The van der Waals surface area contributed by atoms with Crippen molar-refractivity contribution in [1.82, 2.24) is 10.2 Å². The molecular formula is C12H24N2O. The number of hydrogen-bond acceptors (Lipinski definition) is 3. The maximum atomic E-state index is 5.36. The number of nitrogens with one attached hydrogen (secondary N) is 1. The number of nitrogens with zero attached hydrogens (tertiary/aromatic N) is 1. The van der Waals surface area contributed by atoms with E-state index in [2.05, 4.69) is 30.8 Å². The molecule has 3 nitrogen and oxygen atoms in total. The molecule has 0 spiro atoms. The van der Waals surface area contributed by atoms with E-state index in [1.54, 1.807) is 0 Å². The normalized spacial score (nSPS) is 18.3. The molecule has 0 bridgehead atoms. The molecular weight excluding hydrogens is 188 g/mol. The Balaban J connectivity index is 2.21. The highest BCUT2D eigenvalue weighted by atomic mass is 16.5. The lowest BCUT2D eigenvalue weighted by molar-refractivity contribution is 0.0457. The molecule has 15 heavy (non-hydrogen) atoms. The molecule has 1 N–H and O–H groups in total. The molecule has 0 unspecified atom stereocenters. The second-order valence-electron chi connectivity index (χ2n) is 4.29.